The van der Waals surface area contributed by atoms with Crippen molar-refractivity contribution in [2.75, 3.05) is 0 Å². The molecule has 0 amide bonds. The van der Waals surface area contributed by atoms with Crippen LogP contribution in [0, 0.1) is 0 Å². The minimum atomic E-state index is -0.711. The minimum absolute atomic E-state index is 0. The lowest BCUT2D eigenvalue weighted by atomic mass is 10.0. The van der Waals surface area contributed by atoms with E-state index in [4.69, 9.17) is 10.8 Å². The van der Waals surface area contributed by atoms with Gasteiger partial charge in [0.25, 0.3) is 0 Å². The number of phenols is 1. The number of aliphatic hydroxyl groups is 1. The molecule has 0 spiro atoms. The van der Waals surface area contributed by atoms with E-state index in [1.54, 1.807) is 25.1 Å². The standard InChI is InChI=1S/C9H13NO2.ClH/c1-6(10)9(12)7-3-2-4-8(11)5-7;/h2-6,9,11-12H,10H2,1H3;1H/t6?,9-;/m0./s1. The Labute approximate surface area is 83.6 Å². The van der Waals surface area contributed by atoms with Crippen molar-refractivity contribution in [3.63, 3.8) is 0 Å². The second-order valence-electron chi connectivity index (χ2n) is 2.90. The third-order valence-electron chi connectivity index (χ3n) is 1.71. The molecule has 1 aromatic carbocycles. The molecule has 2 atom stereocenters. The molecule has 4 heteroatoms. The van der Waals surface area contributed by atoms with Crippen LogP contribution in [0.4, 0.5) is 0 Å². The summed E-state index contributed by atoms with van der Waals surface area (Å²) in [5.41, 5.74) is 6.13. The van der Waals surface area contributed by atoms with Gasteiger partial charge >= 0.3 is 0 Å². The molecule has 0 fully saturated rings. The number of benzene rings is 1. The number of rotatable bonds is 2. The van der Waals surface area contributed by atoms with Gasteiger partial charge in [-0.05, 0) is 24.6 Å². The maximum atomic E-state index is 9.49. The van der Waals surface area contributed by atoms with Gasteiger partial charge in [-0.15, -0.1) is 12.4 Å². The second kappa shape index (κ2) is 5.07. The molecule has 3 nitrogen and oxygen atoms in total. The number of aliphatic hydroxyl groups excluding tert-OH is 1. The van der Waals surface area contributed by atoms with Gasteiger partial charge in [-0.2, -0.15) is 0 Å². The average molecular weight is 204 g/mol. The summed E-state index contributed by atoms with van der Waals surface area (Å²) in [5, 5.41) is 18.6. The maximum Gasteiger partial charge on any atom is 0.115 e. The van der Waals surface area contributed by atoms with Crippen LogP contribution < -0.4 is 5.73 Å². The molecule has 74 valence electrons. The van der Waals surface area contributed by atoms with Crippen molar-refractivity contribution >= 4 is 12.4 Å². The Balaban J connectivity index is 0.00000144. The minimum Gasteiger partial charge on any atom is -0.508 e. The van der Waals surface area contributed by atoms with Gasteiger partial charge in [-0.1, -0.05) is 12.1 Å². The van der Waals surface area contributed by atoms with Crippen molar-refractivity contribution in [1.82, 2.24) is 0 Å². The Bertz CT molecular complexity index is 266. The fourth-order valence-electron chi connectivity index (χ4n) is 1.01. The topological polar surface area (TPSA) is 66.5 Å². The van der Waals surface area contributed by atoms with Crippen LogP contribution in [0.1, 0.15) is 18.6 Å². The SMILES string of the molecule is CC(N)[C@H](O)c1cccc(O)c1.Cl. The molecule has 0 radical (unpaired) electrons. The van der Waals surface area contributed by atoms with Crippen LogP contribution >= 0.6 is 12.4 Å². The largest absolute Gasteiger partial charge is 0.508 e. The highest BCUT2D eigenvalue weighted by Crippen LogP contribution is 2.19. The Morgan fingerprint density at radius 1 is 1.38 bits per heavy atom. The summed E-state index contributed by atoms with van der Waals surface area (Å²) in [6.07, 6.45) is -0.711. The quantitative estimate of drug-likeness (QED) is 0.677. The zero-order valence-electron chi connectivity index (χ0n) is 7.34. The number of hydrogen-bond donors (Lipinski definition) is 3. The van der Waals surface area contributed by atoms with E-state index in [0.29, 0.717) is 5.56 Å². The van der Waals surface area contributed by atoms with Crippen LogP contribution in [-0.2, 0) is 0 Å². The lowest BCUT2D eigenvalue weighted by Crippen LogP contribution is -2.24. The molecule has 0 aliphatic heterocycles. The van der Waals surface area contributed by atoms with Crippen molar-refractivity contribution in [1.29, 1.82) is 0 Å². The number of phenolic OH excluding ortho intramolecular Hbond substituents is 1. The zero-order chi connectivity index (χ0) is 9.14. The van der Waals surface area contributed by atoms with E-state index in [0.717, 1.165) is 0 Å². The normalized spacial score (nSPS) is 14.4. The molecule has 0 saturated heterocycles. The third-order valence-corrected chi connectivity index (χ3v) is 1.71. The van der Waals surface area contributed by atoms with Crippen LogP contribution in [0.3, 0.4) is 0 Å². The third kappa shape index (κ3) is 3.22. The van der Waals surface area contributed by atoms with Gasteiger partial charge in [0.2, 0.25) is 0 Å². The molecule has 0 bridgehead atoms. The van der Waals surface area contributed by atoms with Gasteiger partial charge in [0.1, 0.15) is 5.75 Å². The van der Waals surface area contributed by atoms with E-state index in [9.17, 15) is 5.11 Å². The summed E-state index contributed by atoms with van der Waals surface area (Å²) in [6.45, 7) is 1.72. The van der Waals surface area contributed by atoms with Crippen molar-refractivity contribution in [2.45, 2.75) is 19.1 Å². The van der Waals surface area contributed by atoms with E-state index in [1.165, 1.54) is 6.07 Å². The summed E-state index contributed by atoms with van der Waals surface area (Å²) < 4.78 is 0. The predicted molar refractivity (Wildman–Crippen MR) is 54.0 cm³/mol. The first-order valence-corrected chi connectivity index (χ1v) is 3.84. The molecule has 0 aliphatic rings. The number of hydrogen-bond acceptors (Lipinski definition) is 3. The lowest BCUT2D eigenvalue weighted by molar-refractivity contribution is 0.153. The van der Waals surface area contributed by atoms with Crippen LogP contribution in [-0.4, -0.2) is 16.3 Å². The highest BCUT2D eigenvalue weighted by Gasteiger charge is 2.11. The molecule has 4 N–H and O–H groups in total. The van der Waals surface area contributed by atoms with E-state index >= 15 is 0 Å². The zero-order valence-corrected chi connectivity index (χ0v) is 8.16. The lowest BCUT2D eigenvalue weighted by Gasteiger charge is -2.14. The van der Waals surface area contributed by atoms with Crippen LogP contribution in [0.25, 0.3) is 0 Å². The molecule has 0 saturated carbocycles. The highest BCUT2D eigenvalue weighted by molar-refractivity contribution is 5.85. The molecule has 13 heavy (non-hydrogen) atoms. The molecular weight excluding hydrogens is 190 g/mol. The average Bonchev–Trinajstić information content (AvgIpc) is 2.03. The monoisotopic (exact) mass is 203 g/mol. The van der Waals surface area contributed by atoms with E-state index in [1.807, 2.05) is 0 Å². The molecule has 0 heterocycles. The van der Waals surface area contributed by atoms with Gasteiger partial charge in [-0.25, -0.2) is 0 Å². The van der Waals surface area contributed by atoms with Crippen molar-refractivity contribution in [3.8, 4) is 5.75 Å². The summed E-state index contributed by atoms with van der Waals surface area (Å²) in [5.74, 6) is 0.146. The van der Waals surface area contributed by atoms with Gasteiger partial charge in [0.05, 0.1) is 6.10 Å². The first-order chi connectivity index (χ1) is 5.61. The van der Waals surface area contributed by atoms with Crippen molar-refractivity contribution < 1.29 is 10.2 Å². The fourth-order valence-corrected chi connectivity index (χ4v) is 1.01. The first-order valence-electron chi connectivity index (χ1n) is 3.84. The summed E-state index contributed by atoms with van der Waals surface area (Å²) >= 11 is 0. The van der Waals surface area contributed by atoms with Gasteiger partial charge < -0.3 is 15.9 Å². The van der Waals surface area contributed by atoms with Crippen molar-refractivity contribution in [3.05, 3.63) is 29.8 Å². The fraction of sp³-hybridized carbons (Fsp3) is 0.333. The molecular formula is C9H14ClNO2. The molecule has 1 unspecified atom stereocenters. The molecule has 0 aromatic heterocycles. The predicted octanol–water partition coefficient (Wildman–Crippen LogP) is 1.19. The summed E-state index contributed by atoms with van der Waals surface area (Å²) in [4.78, 5) is 0. The molecule has 0 aliphatic carbocycles. The van der Waals surface area contributed by atoms with Crippen LogP contribution in [0.2, 0.25) is 0 Å². The number of nitrogens with two attached hydrogens (primary N) is 1. The molecule has 1 rings (SSSR count). The summed E-state index contributed by atoms with van der Waals surface area (Å²) in [7, 11) is 0. The Hall–Kier alpha value is -0.770. The van der Waals surface area contributed by atoms with Gasteiger partial charge in [0.15, 0.2) is 0 Å². The van der Waals surface area contributed by atoms with E-state index in [2.05, 4.69) is 0 Å². The second-order valence-corrected chi connectivity index (χ2v) is 2.90. The van der Waals surface area contributed by atoms with Gasteiger partial charge in [0, 0.05) is 6.04 Å². The number of halogens is 1. The summed E-state index contributed by atoms with van der Waals surface area (Å²) in [6, 6.07) is 6.14. The molecule has 1 aromatic rings. The Morgan fingerprint density at radius 3 is 2.46 bits per heavy atom. The van der Waals surface area contributed by atoms with E-state index in [-0.39, 0.29) is 24.2 Å². The van der Waals surface area contributed by atoms with Gasteiger partial charge in [-0.3, -0.25) is 0 Å². The Kier molecular flexibility index (Phi) is 4.77. The van der Waals surface area contributed by atoms with Crippen LogP contribution in [0.15, 0.2) is 24.3 Å². The maximum absolute atomic E-state index is 9.49. The first kappa shape index (κ1) is 12.2. The van der Waals surface area contributed by atoms with Crippen LogP contribution in [0.5, 0.6) is 5.75 Å². The van der Waals surface area contributed by atoms with E-state index < -0.39 is 6.10 Å². The Morgan fingerprint density at radius 2 is 2.00 bits per heavy atom. The smallest absolute Gasteiger partial charge is 0.115 e. The van der Waals surface area contributed by atoms with Crippen molar-refractivity contribution in [2.24, 2.45) is 5.73 Å². The number of aromatic hydroxyl groups is 1. The highest BCUT2D eigenvalue weighted by atomic mass is 35.5.